The maximum Gasteiger partial charge on any atom is 0.131 e. The number of aryl methyl sites for hydroxylation is 1. The highest BCUT2D eigenvalue weighted by Gasteiger charge is 2.19. The Morgan fingerprint density at radius 3 is 2.95 bits per heavy atom. The Bertz CT molecular complexity index is 624. The molecule has 1 aliphatic heterocycles. The average Bonchev–Trinajstić information content (AvgIpc) is 2.88. The Kier molecular flexibility index (Phi) is 3.19. The van der Waals surface area contributed by atoms with Crippen LogP contribution in [0.15, 0.2) is 36.4 Å². The molecule has 1 aliphatic rings. The van der Waals surface area contributed by atoms with Crippen LogP contribution >= 0.6 is 11.6 Å². The third kappa shape index (κ3) is 2.21. The van der Waals surface area contributed by atoms with Gasteiger partial charge in [-0.05, 0) is 29.7 Å². The first-order valence-electron chi connectivity index (χ1n) is 6.31. The van der Waals surface area contributed by atoms with E-state index in [4.69, 9.17) is 16.3 Å². The first-order valence-corrected chi connectivity index (χ1v) is 6.75. The second-order valence-corrected chi connectivity index (χ2v) is 5.24. The maximum atomic E-state index is 14.1. The fourth-order valence-electron chi connectivity index (χ4n) is 2.41. The predicted molar refractivity (Wildman–Crippen MR) is 74.5 cm³/mol. The molecule has 3 rings (SSSR count). The molecule has 0 saturated carbocycles. The molecule has 1 unspecified atom stereocenters. The molecule has 0 spiro atoms. The second kappa shape index (κ2) is 4.86. The van der Waals surface area contributed by atoms with Crippen LogP contribution in [-0.2, 0) is 6.42 Å². The van der Waals surface area contributed by atoms with Crippen molar-refractivity contribution in [1.82, 2.24) is 0 Å². The molecule has 3 heteroatoms. The minimum Gasteiger partial charge on any atom is -0.493 e. The molecule has 0 bridgehead atoms. The lowest BCUT2D eigenvalue weighted by Gasteiger charge is -2.13. The third-order valence-corrected chi connectivity index (χ3v) is 3.99. The third-order valence-electron chi connectivity index (χ3n) is 3.50. The highest BCUT2D eigenvalue weighted by Crippen LogP contribution is 2.35. The number of halogens is 2. The molecule has 0 N–H and O–H groups in total. The zero-order valence-corrected chi connectivity index (χ0v) is 11.4. The van der Waals surface area contributed by atoms with E-state index in [9.17, 15) is 4.39 Å². The molecule has 0 fully saturated rings. The van der Waals surface area contributed by atoms with Crippen molar-refractivity contribution < 1.29 is 9.13 Å². The van der Waals surface area contributed by atoms with Crippen molar-refractivity contribution in [3.8, 4) is 5.75 Å². The highest BCUT2D eigenvalue weighted by atomic mass is 35.5. The number of rotatable bonds is 2. The summed E-state index contributed by atoms with van der Waals surface area (Å²) in [6.07, 6.45) is 0.892. The summed E-state index contributed by atoms with van der Waals surface area (Å²) in [5.41, 5.74) is 3.21. The second-order valence-electron chi connectivity index (χ2n) is 4.81. The SMILES string of the molecule is Cc1cccc(C(Cl)c2ccc3c(c2)CCO3)c1F. The number of alkyl halides is 1. The van der Waals surface area contributed by atoms with Gasteiger partial charge in [-0.2, -0.15) is 0 Å². The normalized spacial score (nSPS) is 14.9. The molecular weight excluding hydrogens is 263 g/mol. The number of hydrogen-bond acceptors (Lipinski definition) is 1. The van der Waals surface area contributed by atoms with Gasteiger partial charge in [-0.15, -0.1) is 11.6 Å². The van der Waals surface area contributed by atoms with Crippen LogP contribution in [0.4, 0.5) is 4.39 Å². The number of hydrogen-bond donors (Lipinski definition) is 0. The van der Waals surface area contributed by atoms with Crippen LogP contribution in [0.2, 0.25) is 0 Å². The van der Waals surface area contributed by atoms with Gasteiger partial charge in [0.05, 0.1) is 12.0 Å². The summed E-state index contributed by atoms with van der Waals surface area (Å²) in [4.78, 5) is 0. The topological polar surface area (TPSA) is 9.23 Å². The van der Waals surface area contributed by atoms with Gasteiger partial charge in [0.25, 0.3) is 0 Å². The van der Waals surface area contributed by atoms with Gasteiger partial charge in [-0.3, -0.25) is 0 Å². The lowest BCUT2D eigenvalue weighted by atomic mass is 9.99. The average molecular weight is 277 g/mol. The smallest absolute Gasteiger partial charge is 0.131 e. The molecule has 1 heterocycles. The van der Waals surface area contributed by atoms with Crippen molar-refractivity contribution >= 4 is 11.6 Å². The molecule has 1 nitrogen and oxygen atoms in total. The van der Waals surface area contributed by atoms with Crippen LogP contribution in [0.25, 0.3) is 0 Å². The molecule has 98 valence electrons. The van der Waals surface area contributed by atoms with Crippen LogP contribution in [-0.4, -0.2) is 6.61 Å². The Morgan fingerprint density at radius 2 is 2.11 bits per heavy atom. The number of benzene rings is 2. The van der Waals surface area contributed by atoms with Gasteiger partial charge in [0, 0.05) is 12.0 Å². The molecule has 0 saturated heterocycles. The van der Waals surface area contributed by atoms with Gasteiger partial charge >= 0.3 is 0 Å². The molecule has 0 radical (unpaired) electrons. The lowest BCUT2D eigenvalue weighted by molar-refractivity contribution is 0.357. The first-order chi connectivity index (χ1) is 9.16. The summed E-state index contributed by atoms with van der Waals surface area (Å²) in [5.74, 6) is 0.691. The zero-order chi connectivity index (χ0) is 13.4. The lowest BCUT2D eigenvalue weighted by Crippen LogP contribution is -1.99. The first kappa shape index (κ1) is 12.5. The summed E-state index contributed by atoms with van der Waals surface area (Å²) in [6.45, 7) is 2.46. The van der Waals surface area contributed by atoms with E-state index in [0.717, 1.165) is 23.3 Å². The summed E-state index contributed by atoms with van der Waals surface area (Å²) in [5, 5.41) is -0.467. The molecule has 0 amide bonds. The predicted octanol–water partition coefficient (Wildman–Crippen LogP) is 4.40. The van der Waals surface area contributed by atoms with Crippen LogP contribution in [0, 0.1) is 12.7 Å². The molecule has 0 aliphatic carbocycles. The van der Waals surface area contributed by atoms with Crippen molar-refractivity contribution in [3.63, 3.8) is 0 Å². The number of fused-ring (bicyclic) bond motifs is 1. The van der Waals surface area contributed by atoms with E-state index in [1.165, 1.54) is 0 Å². The van der Waals surface area contributed by atoms with E-state index in [0.29, 0.717) is 17.7 Å². The Balaban J connectivity index is 2.00. The molecule has 2 aromatic rings. The van der Waals surface area contributed by atoms with E-state index < -0.39 is 5.38 Å². The molecule has 19 heavy (non-hydrogen) atoms. The molecule has 2 aromatic carbocycles. The van der Waals surface area contributed by atoms with Crippen molar-refractivity contribution in [1.29, 1.82) is 0 Å². The summed E-state index contributed by atoms with van der Waals surface area (Å²) in [7, 11) is 0. The van der Waals surface area contributed by atoms with Crippen LogP contribution < -0.4 is 4.74 Å². The van der Waals surface area contributed by atoms with Gasteiger partial charge in [0.1, 0.15) is 11.6 Å². The van der Waals surface area contributed by atoms with Crippen molar-refractivity contribution in [2.45, 2.75) is 18.7 Å². The highest BCUT2D eigenvalue weighted by molar-refractivity contribution is 6.22. The quantitative estimate of drug-likeness (QED) is 0.739. The molecule has 0 aromatic heterocycles. The standard InChI is InChI=1S/C16H14ClFO/c1-10-3-2-4-13(16(10)18)15(17)12-5-6-14-11(9-12)7-8-19-14/h2-6,9,15H,7-8H2,1H3. The fourth-order valence-corrected chi connectivity index (χ4v) is 2.71. The summed E-state index contributed by atoms with van der Waals surface area (Å²) >= 11 is 6.43. The zero-order valence-electron chi connectivity index (χ0n) is 10.6. The van der Waals surface area contributed by atoms with E-state index in [2.05, 4.69) is 0 Å². The monoisotopic (exact) mass is 276 g/mol. The largest absolute Gasteiger partial charge is 0.493 e. The van der Waals surface area contributed by atoms with Crippen molar-refractivity contribution in [2.75, 3.05) is 6.61 Å². The Labute approximate surface area is 117 Å². The van der Waals surface area contributed by atoms with Crippen molar-refractivity contribution in [3.05, 3.63) is 64.5 Å². The van der Waals surface area contributed by atoms with Gasteiger partial charge in [-0.25, -0.2) is 4.39 Å². The fraction of sp³-hybridized carbons (Fsp3) is 0.250. The van der Waals surface area contributed by atoms with Crippen LogP contribution in [0.1, 0.15) is 27.6 Å². The van der Waals surface area contributed by atoms with Crippen molar-refractivity contribution in [2.24, 2.45) is 0 Å². The van der Waals surface area contributed by atoms with E-state index in [1.807, 2.05) is 24.3 Å². The minimum absolute atomic E-state index is 0.223. The summed E-state index contributed by atoms with van der Waals surface area (Å²) < 4.78 is 19.6. The van der Waals surface area contributed by atoms with Crippen LogP contribution in [0.3, 0.4) is 0 Å². The Hall–Kier alpha value is -1.54. The van der Waals surface area contributed by atoms with Crippen LogP contribution in [0.5, 0.6) is 5.75 Å². The maximum absolute atomic E-state index is 14.1. The molecule has 1 atom stereocenters. The number of ether oxygens (including phenoxy) is 1. The van der Waals surface area contributed by atoms with E-state index in [1.54, 1.807) is 19.1 Å². The summed E-state index contributed by atoms with van der Waals surface area (Å²) in [6, 6.07) is 11.2. The Morgan fingerprint density at radius 1 is 1.26 bits per heavy atom. The van der Waals surface area contributed by atoms with E-state index >= 15 is 0 Å². The van der Waals surface area contributed by atoms with Gasteiger partial charge < -0.3 is 4.74 Å². The minimum atomic E-state index is -0.467. The van der Waals surface area contributed by atoms with Gasteiger partial charge in [0.2, 0.25) is 0 Å². The van der Waals surface area contributed by atoms with E-state index in [-0.39, 0.29) is 5.82 Å². The molecular formula is C16H14ClFO. The van der Waals surface area contributed by atoms with Gasteiger partial charge in [0.15, 0.2) is 0 Å². The van der Waals surface area contributed by atoms with Gasteiger partial charge in [-0.1, -0.05) is 30.3 Å².